The Morgan fingerprint density at radius 2 is 1.79 bits per heavy atom. The van der Waals surface area contributed by atoms with Crippen LogP contribution in [0.15, 0.2) is 60.9 Å². The Labute approximate surface area is 175 Å². The van der Waals surface area contributed by atoms with Crippen molar-refractivity contribution >= 4 is 23.5 Å². The Morgan fingerprint density at radius 3 is 2.48 bits per heavy atom. The maximum absolute atomic E-state index is 13.4. The molecule has 29 heavy (non-hydrogen) atoms. The lowest BCUT2D eigenvalue weighted by Gasteiger charge is -2.28. The van der Waals surface area contributed by atoms with Crippen molar-refractivity contribution in [1.29, 1.82) is 0 Å². The summed E-state index contributed by atoms with van der Waals surface area (Å²) in [4.78, 5) is 30.5. The minimum atomic E-state index is -0.355. The van der Waals surface area contributed by atoms with E-state index in [0.29, 0.717) is 5.95 Å². The first-order valence-corrected chi connectivity index (χ1v) is 10.0. The van der Waals surface area contributed by atoms with Crippen LogP contribution >= 0.6 is 11.6 Å². The number of halogens is 1. The van der Waals surface area contributed by atoms with Gasteiger partial charge < -0.3 is 9.80 Å². The summed E-state index contributed by atoms with van der Waals surface area (Å²) in [5, 5.41) is 0.248. The first-order valence-electron chi connectivity index (χ1n) is 9.65. The molecule has 0 spiro atoms. The van der Waals surface area contributed by atoms with Crippen LogP contribution in [0.25, 0.3) is 0 Å². The smallest absolute Gasteiger partial charge is 0.274 e. The summed E-state index contributed by atoms with van der Waals surface area (Å²) in [5.74, 6) is 0.287. The van der Waals surface area contributed by atoms with Crippen molar-refractivity contribution < 1.29 is 4.79 Å². The van der Waals surface area contributed by atoms with Gasteiger partial charge in [0.15, 0.2) is 5.69 Å². The van der Waals surface area contributed by atoms with Gasteiger partial charge in [-0.15, -0.1) is 0 Å². The molecule has 1 aliphatic rings. The maximum Gasteiger partial charge on any atom is 0.274 e. The van der Waals surface area contributed by atoms with Crippen LogP contribution in [0.2, 0.25) is 5.02 Å². The molecule has 1 saturated heterocycles. The number of hydrogen-bond acceptors (Lipinski definition) is 5. The van der Waals surface area contributed by atoms with Crippen LogP contribution in [-0.4, -0.2) is 45.9 Å². The lowest BCUT2D eigenvalue weighted by Crippen LogP contribution is -2.34. The van der Waals surface area contributed by atoms with Crippen LogP contribution < -0.4 is 4.90 Å². The van der Waals surface area contributed by atoms with Crippen LogP contribution in [0.3, 0.4) is 0 Å². The minimum absolute atomic E-state index is 0.211. The average molecular weight is 408 g/mol. The first kappa shape index (κ1) is 19.3. The molecule has 2 aromatic heterocycles. The number of benzene rings is 1. The molecule has 4 rings (SSSR count). The van der Waals surface area contributed by atoms with E-state index in [1.807, 2.05) is 48.5 Å². The molecule has 3 aromatic rings. The quantitative estimate of drug-likeness (QED) is 0.640. The number of amides is 1. The second kappa shape index (κ2) is 8.57. The fourth-order valence-corrected chi connectivity index (χ4v) is 3.80. The summed E-state index contributed by atoms with van der Waals surface area (Å²) in [7, 11) is 1.75. The zero-order valence-electron chi connectivity index (χ0n) is 16.2. The molecule has 1 aliphatic heterocycles. The highest BCUT2D eigenvalue weighted by Gasteiger charge is 2.28. The third-order valence-corrected chi connectivity index (χ3v) is 5.39. The molecular formula is C22H22ClN5O. The van der Waals surface area contributed by atoms with Gasteiger partial charge in [-0.2, -0.15) is 0 Å². The first-order chi connectivity index (χ1) is 14.1. The largest absolute Gasteiger partial charge is 0.341 e. The summed E-state index contributed by atoms with van der Waals surface area (Å²) < 4.78 is 0. The lowest BCUT2D eigenvalue weighted by atomic mass is 10.0. The molecule has 3 heterocycles. The highest BCUT2D eigenvalue weighted by molar-refractivity contribution is 6.33. The summed E-state index contributed by atoms with van der Waals surface area (Å²) in [6.45, 7) is 1.79. The predicted molar refractivity (Wildman–Crippen MR) is 113 cm³/mol. The third kappa shape index (κ3) is 4.07. The molecule has 148 valence electrons. The van der Waals surface area contributed by atoms with E-state index in [9.17, 15) is 4.79 Å². The lowest BCUT2D eigenvalue weighted by molar-refractivity contribution is 0.0747. The molecule has 0 aliphatic carbocycles. The van der Waals surface area contributed by atoms with Crippen molar-refractivity contribution in [3.8, 4) is 0 Å². The number of nitrogens with zero attached hydrogens (tertiary/aromatic N) is 5. The molecule has 0 N–H and O–H groups in total. The number of carbonyl (C=O) groups is 1. The highest BCUT2D eigenvalue weighted by Crippen LogP contribution is 2.29. The monoisotopic (exact) mass is 407 g/mol. The van der Waals surface area contributed by atoms with Gasteiger partial charge in [0.2, 0.25) is 5.95 Å². The van der Waals surface area contributed by atoms with Crippen molar-refractivity contribution in [2.24, 2.45) is 0 Å². The van der Waals surface area contributed by atoms with E-state index in [2.05, 4.69) is 19.9 Å². The van der Waals surface area contributed by atoms with Crippen LogP contribution in [-0.2, 0) is 0 Å². The summed E-state index contributed by atoms with van der Waals surface area (Å²) in [6, 6.07) is 15.2. The Balaban J connectivity index is 1.70. The van der Waals surface area contributed by atoms with Gasteiger partial charge in [-0.05, 0) is 30.5 Å². The molecule has 1 atom stereocenters. The average Bonchev–Trinajstić information content (AvgIpc) is 3.30. The minimum Gasteiger partial charge on any atom is -0.341 e. The molecule has 6 nitrogen and oxygen atoms in total. The van der Waals surface area contributed by atoms with Gasteiger partial charge in [-0.25, -0.2) is 9.97 Å². The van der Waals surface area contributed by atoms with Gasteiger partial charge in [-0.3, -0.25) is 9.78 Å². The fraction of sp³-hybridized carbons (Fsp3) is 0.273. The van der Waals surface area contributed by atoms with Crippen LogP contribution in [0, 0.1) is 0 Å². The number of pyridine rings is 1. The maximum atomic E-state index is 13.4. The van der Waals surface area contributed by atoms with Crippen molar-refractivity contribution in [2.75, 3.05) is 25.0 Å². The number of hydrogen-bond donors (Lipinski definition) is 0. The molecule has 1 aromatic carbocycles. The van der Waals surface area contributed by atoms with Crippen LogP contribution in [0.1, 0.15) is 40.6 Å². The van der Waals surface area contributed by atoms with E-state index < -0.39 is 0 Å². The van der Waals surface area contributed by atoms with Gasteiger partial charge in [0.1, 0.15) is 0 Å². The zero-order valence-corrected chi connectivity index (χ0v) is 17.0. The van der Waals surface area contributed by atoms with E-state index >= 15 is 0 Å². The molecule has 0 bridgehead atoms. The van der Waals surface area contributed by atoms with Gasteiger partial charge in [0.25, 0.3) is 5.91 Å². The molecule has 7 heteroatoms. The topological polar surface area (TPSA) is 62.2 Å². The number of anilines is 1. The van der Waals surface area contributed by atoms with E-state index in [4.69, 9.17) is 11.6 Å². The van der Waals surface area contributed by atoms with Crippen molar-refractivity contribution in [3.63, 3.8) is 0 Å². The Kier molecular flexibility index (Phi) is 5.71. The van der Waals surface area contributed by atoms with Gasteiger partial charge in [0, 0.05) is 26.3 Å². The van der Waals surface area contributed by atoms with Crippen molar-refractivity contribution in [2.45, 2.75) is 18.9 Å². The summed E-state index contributed by atoms with van der Waals surface area (Å²) in [6.07, 6.45) is 5.45. The van der Waals surface area contributed by atoms with E-state index in [0.717, 1.165) is 37.2 Å². The number of aromatic nitrogens is 3. The molecular weight excluding hydrogens is 386 g/mol. The molecule has 0 saturated carbocycles. The van der Waals surface area contributed by atoms with Crippen LogP contribution in [0.4, 0.5) is 5.95 Å². The second-order valence-corrected chi connectivity index (χ2v) is 7.45. The van der Waals surface area contributed by atoms with Gasteiger partial charge in [-0.1, -0.05) is 48.0 Å². The third-order valence-electron chi connectivity index (χ3n) is 5.11. The molecule has 1 amide bonds. The second-order valence-electron chi connectivity index (χ2n) is 7.04. The predicted octanol–water partition coefficient (Wildman–Crippen LogP) is 3.99. The standard InChI is InChI=1S/C22H22ClN5O/c1-27(20(16-9-3-2-4-10-16)18-11-5-6-12-24-18)21(29)19-17(23)15-25-22(26-19)28-13-7-8-14-28/h2-6,9-12,15,20H,7-8,13-14H2,1H3. The number of carbonyl (C=O) groups excluding carboxylic acids is 1. The van der Waals surface area contributed by atoms with Crippen molar-refractivity contribution in [3.05, 3.63) is 82.9 Å². The summed E-state index contributed by atoms with van der Waals surface area (Å²) in [5.41, 5.74) is 1.95. The fourth-order valence-electron chi connectivity index (χ4n) is 3.63. The summed E-state index contributed by atoms with van der Waals surface area (Å²) >= 11 is 6.33. The molecule has 1 fully saturated rings. The van der Waals surface area contributed by atoms with E-state index in [1.165, 1.54) is 6.20 Å². The Bertz CT molecular complexity index is 938. The van der Waals surface area contributed by atoms with Crippen molar-refractivity contribution in [1.82, 2.24) is 19.9 Å². The molecule has 1 unspecified atom stereocenters. The molecule has 0 radical (unpaired) electrons. The highest BCUT2D eigenvalue weighted by atomic mass is 35.5. The van der Waals surface area contributed by atoms with Crippen LogP contribution in [0.5, 0.6) is 0 Å². The Hall–Kier alpha value is -2.99. The normalized spacial score (nSPS) is 14.6. The van der Waals surface area contributed by atoms with Gasteiger partial charge >= 0.3 is 0 Å². The van der Waals surface area contributed by atoms with E-state index in [1.54, 1.807) is 18.1 Å². The number of rotatable bonds is 5. The van der Waals surface area contributed by atoms with Gasteiger partial charge in [0.05, 0.1) is 23.0 Å². The SMILES string of the molecule is CN(C(=O)c1nc(N2CCCC2)ncc1Cl)C(c1ccccc1)c1ccccn1. The zero-order chi connectivity index (χ0) is 20.2. The van der Waals surface area contributed by atoms with E-state index in [-0.39, 0.29) is 22.7 Å². The Morgan fingerprint density at radius 1 is 1.07 bits per heavy atom.